The zero-order chi connectivity index (χ0) is 13.1. The van der Waals surface area contributed by atoms with Crippen molar-refractivity contribution in [3.8, 4) is 0 Å². The molecule has 0 saturated carbocycles. The van der Waals surface area contributed by atoms with Gasteiger partial charge in [0.1, 0.15) is 5.84 Å². The average molecular weight is 264 g/mol. The summed E-state index contributed by atoms with van der Waals surface area (Å²) in [5.41, 5.74) is 3.85. The third-order valence-electron chi connectivity index (χ3n) is 1.95. The minimum absolute atomic E-state index is 0.111. The van der Waals surface area contributed by atoms with Crippen LogP contribution in [-0.4, -0.2) is 23.3 Å². The van der Waals surface area contributed by atoms with Gasteiger partial charge in [0.25, 0.3) is 0 Å². The Kier molecular flexibility index (Phi) is 4.41. The van der Waals surface area contributed by atoms with Crippen molar-refractivity contribution in [3.63, 3.8) is 0 Å². The van der Waals surface area contributed by atoms with Crippen molar-refractivity contribution in [3.05, 3.63) is 29.3 Å². The number of nitrogens with two attached hydrogens (primary N) is 1. The predicted molar refractivity (Wildman–Crippen MR) is 60.3 cm³/mol. The van der Waals surface area contributed by atoms with Crippen molar-refractivity contribution in [2.24, 2.45) is 5.73 Å². The van der Waals surface area contributed by atoms with Gasteiger partial charge in [-0.1, -0.05) is 0 Å². The summed E-state index contributed by atoms with van der Waals surface area (Å²) in [5.74, 6) is -0.299. The number of aliphatic hydroxyl groups is 1. The summed E-state index contributed by atoms with van der Waals surface area (Å²) < 4.78 is 38.1. The number of nitrogen functional groups attached to an aromatic ring is 1. The maximum atomic E-state index is 12.7. The standard InChI is InChI=1S/C10H11F3N2OS/c11-10(12,13)8-5-6(17-4-3-16)1-2-7(8)9(14)15/h1-2,5,16H,3-4H2,(H3,14,15). The third-order valence-corrected chi connectivity index (χ3v) is 2.92. The second-order valence-electron chi connectivity index (χ2n) is 3.19. The lowest BCUT2D eigenvalue weighted by Gasteiger charge is -2.13. The van der Waals surface area contributed by atoms with E-state index < -0.39 is 17.6 Å². The molecule has 0 bridgehead atoms. The molecule has 17 heavy (non-hydrogen) atoms. The highest BCUT2D eigenvalue weighted by Crippen LogP contribution is 2.34. The van der Waals surface area contributed by atoms with Gasteiger partial charge >= 0.3 is 6.18 Å². The van der Waals surface area contributed by atoms with E-state index in [1.54, 1.807) is 0 Å². The van der Waals surface area contributed by atoms with Crippen LogP contribution in [0.3, 0.4) is 0 Å². The van der Waals surface area contributed by atoms with E-state index in [0.717, 1.165) is 17.8 Å². The fraction of sp³-hybridized carbons (Fsp3) is 0.300. The maximum Gasteiger partial charge on any atom is 0.417 e. The van der Waals surface area contributed by atoms with Crippen LogP contribution >= 0.6 is 11.8 Å². The van der Waals surface area contributed by atoms with Crippen molar-refractivity contribution in [2.45, 2.75) is 11.1 Å². The molecule has 0 heterocycles. The minimum Gasteiger partial charge on any atom is -0.396 e. The van der Waals surface area contributed by atoms with Crippen molar-refractivity contribution in [1.29, 1.82) is 5.41 Å². The van der Waals surface area contributed by atoms with Gasteiger partial charge in [0, 0.05) is 16.2 Å². The second kappa shape index (κ2) is 5.42. The van der Waals surface area contributed by atoms with Crippen molar-refractivity contribution in [2.75, 3.05) is 12.4 Å². The van der Waals surface area contributed by atoms with Crippen LogP contribution in [0.5, 0.6) is 0 Å². The molecule has 1 aromatic carbocycles. The molecule has 0 saturated heterocycles. The van der Waals surface area contributed by atoms with Gasteiger partial charge in [0.2, 0.25) is 0 Å². The molecule has 0 aliphatic carbocycles. The van der Waals surface area contributed by atoms with E-state index in [-0.39, 0.29) is 12.2 Å². The van der Waals surface area contributed by atoms with E-state index >= 15 is 0 Å². The Morgan fingerprint density at radius 3 is 2.53 bits per heavy atom. The van der Waals surface area contributed by atoms with Crippen molar-refractivity contribution in [1.82, 2.24) is 0 Å². The fourth-order valence-electron chi connectivity index (χ4n) is 1.25. The Bertz CT molecular complexity index is 421. The highest BCUT2D eigenvalue weighted by molar-refractivity contribution is 7.99. The molecular weight excluding hydrogens is 253 g/mol. The van der Waals surface area contributed by atoms with E-state index in [9.17, 15) is 13.2 Å². The van der Waals surface area contributed by atoms with Crippen LogP contribution in [0.1, 0.15) is 11.1 Å². The topological polar surface area (TPSA) is 70.1 Å². The summed E-state index contributed by atoms with van der Waals surface area (Å²) in [6.45, 7) is -0.111. The summed E-state index contributed by atoms with van der Waals surface area (Å²) in [6, 6.07) is 3.56. The maximum absolute atomic E-state index is 12.7. The van der Waals surface area contributed by atoms with Gasteiger partial charge in [-0.25, -0.2) is 0 Å². The first-order valence-corrected chi connectivity index (χ1v) is 5.64. The van der Waals surface area contributed by atoms with Crippen LogP contribution in [0.2, 0.25) is 0 Å². The van der Waals surface area contributed by atoms with Crippen LogP contribution in [0, 0.1) is 5.41 Å². The molecule has 7 heteroatoms. The molecule has 0 fully saturated rings. The van der Waals surface area contributed by atoms with Crippen LogP contribution in [0.4, 0.5) is 13.2 Å². The van der Waals surface area contributed by atoms with Gasteiger partial charge in [0.05, 0.1) is 12.2 Å². The molecule has 1 rings (SSSR count). The highest BCUT2D eigenvalue weighted by atomic mass is 32.2. The lowest BCUT2D eigenvalue weighted by atomic mass is 10.1. The summed E-state index contributed by atoms with van der Waals surface area (Å²) in [6.07, 6.45) is -4.54. The van der Waals surface area contributed by atoms with Crippen LogP contribution in [0.25, 0.3) is 0 Å². The molecule has 0 aromatic heterocycles. The molecule has 0 radical (unpaired) electrons. The number of halogens is 3. The molecular formula is C10H11F3N2OS. The zero-order valence-electron chi connectivity index (χ0n) is 8.71. The number of hydrogen-bond donors (Lipinski definition) is 3. The molecule has 0 unspecified atom stereocenters. The molecule has 0 aliphatic heterocycles. The lowest BCUT2D eigenvalue weighted by molar-refractivity contribution is -0.137. The highest BCUT2D eigenvalue weighted by Gasteiger charge is 2.34. The number of amidine groups is 1. The van der Waals surface area contributed by atoms with Gasteiger partial charge in [-0.05, 0) is 18.2 Å². The van der Waals surface area contributed by atoms with Gasteiger partial charge in [-0.3, -0.25) is 5.41 Å². The Morgan fingerprint density at radius 1 is 1.41 bits per heavy atom. The van der Waals surface area contributed by atoms with E-state index in [2.05, 4.69) is 0 Å². The second-order valence-corrected chi connectivity index (χ2v) is 4.36. The normalized spacial score (nSPS) is 11.5. The van der Waals surface area contributed by atoms with Crippen molar-refractivity contribution < 1.29 is 18.3 Å². The number of hydrogen-bond acceptors (Lipinski definition) is 3. The molecule has 0 spiro atoms. The Hall–Kier alpha value is -1.21. The van der Waals surface area contributed by atoms with Crippen molar-refractivity contribution >= 4 is 17.6 Å². The lowest BCUT2D eigenvalue weighted by Crippen LogP contribution is -2.18. The monoisotopic (exact) mass is 264 g/mol. The van der Waals surface area contributed by atoms with Gasteiger partial charge in [-0.15, -0.1) is 11.8 Å². The van der Waals surface area contributed by atoms with E-state index in [0.29, 0.717) is 10.6 Å². The number of thioether (sulfide) groups is 1. The first-order valence-electron chi connectivity index (χ1n) is 4.65. The van der Waals surface area contributed by atoms with Crippen LogP contribution < -0.4 is 5.73 Å². The smallest absolute Gasteiger partial charge is 0.396 e. The number of alkyl halides is 3. The number of benzene rings is 1. The predicted octanol–water partition coefficient (Wildman–Crippen LogP) is 2.07. The third kappa shape index (κ3) is 3.64. The number of rotatable bonds is 4. The Balaban J connectivity index is 3.15. The molecule has 4 N–H and O–H groups in total. The summed E-state index contributed by atoms with van der Waals surface area (Å²) in [5, 5.41) is 15.7. The molecule has 0 atom stereocenters. The minimum atomic E-state index is -4.54. The largest absolute Gasteiger partial charge is 0.417 e. The van der Waals surface area contributed by atoms with Gasteiger partial charge in [0.15, 0.2) is 0 Å². The van der Waals surface area contributed by atoms with Crippen LogP contribution in [-0.2, 0) is 6.18 Å². The molecule has 1 aromatic rings. The molecule has 0 amide bonds. The molecule has 0 aliphatic rings. The first-order chi connectivity index (χ1) is 7.86. The van der Waals surface area contributed by atoms with Crippen LogP contribution in [0.15, 0.2) is 23.1 Å². The fourth-order valence-corrected chi connectivity index (χ4v) is 1.94. The molecule has 94 valence electrons. The quantitative estimate of drug-likeness (QED) is 0.443. The zero-order valence-corrected chi connectivity index (χ0v) is 9.53. The Labute approximate surface area is 100 Å². The molecule has 3 nitrogen and oxygen atoms in total. The van der Waals surface area contributed by atoms with E-state index in [4.69, 9.17) is 16.2 Å². The average Bonchev–Trinajstić information content (AvgIpc) is 2.24. The van der Waals surface area contributed by atoms with Gasteiger partial charge in [-0.2, -0.15) is 13.2 Å². The van der Waals surface area contributed by atoms with Gasteiger partial charge < -0.3 is 10.8 Å². The SMILES string of the molecule is N=C(N)c1ccc(SCCO)cc1C(F)(F)F. The first kappa shape index (κ1) is 13.9. The summed E-state index contributed by atoms with van der Waals surface area (Å²) in [4.78, 5) is 0.386. The summed E-state index contributed by atoms with van der Waals surface area (Å²) >= 11 is 1.11. The van der Waals surface area contributed by atoms with E-state index in [1.165, 1.54) is 12.1 Å². The summed E-state index contributed by atoms with van der Waals surface area (Å²) in [7, 11) is 0. The Morgan fingerprint density at radius 2 is 2.06 bits per heavy atom. The number of aliphatic hydroxyl groups excluding tert-OH is 1. The van der Waals surface area contributed by atoms with E-state index in [1.807, 2.05) is 0 Å². The number of nitrogens with one attached hydrogen (secondary N) is 1.